The third-order valence-corrected chi connectivity index (χ3v) is 2.89. The van der Waals surface area contributed by atoms with Gasteiger partial charge in [-0.3, -0.25) is 4.79 Å². The van der Waals surface area contributed by atoms with Gasteiger partial charge in [0.25, 0.3) is 5.91 Å². The highest BCUT2D eigenvalue weighted by molar-refractivity contribution is 5.96. The van der Waals surface area contributed by atoms with E-state index in [0.717, 1.165) is 6.42 Å². The second kappa shape index (κ2) is 8.09. The molecule has 21 heavy (non-hydrogen) atoms. The number of allylic oxidation sites excluding steroid dienone is 2. The summed E-state index contributed by atoms with van der Waals surface area (Å²) in [6, 6.07) is 4.80. The van der Waals surface area contributed by atoms with Gasteiger partial charge in [0.2, 0.25) is 0 Å². The molecule has 0 spiro atoms. The van der Waals surface area contributed by atoms with E-state index in [-0.39, 0.29) is 18.2 Å². The van der Waals surface area contributed by atoms with Gasteiger partial charge in [0.05, 0.1) is 12.7 Å². The van der Waals surface area contributed by atoms with Crippen LogP contribution < -0.4 is 15.8 Å². The lowest BCUT2D eigenvalue weighted by atomic mass is 10.1. The summed E-state index contributed by atoms with van der Waals surface area (Å²) in [7, 11) is 1.40. The fourth-order valence-electron chi connectivity index (χ4n) is 1.74. The zero-order valence-electron chi connectivity index (χ0n) is 12.6. The van der Waals surface area contributed by atoms with Gasteiger partial charge in [0.15, 0.2) is 11.6 Å². The predicted octanol–water partition coefficient (Wildman–Crippen LogP) is 2.65. The maximum absolute atomic E-state index is 14.0. The maximum atomic E-state index is 14.0. The van der Waals surface area contributed by atoms with E-state index in [1.165, 1.54) is 13.2 Å². The number of amides is 1. The molecule has 0 aliphatic rings. The Labute approximate surface area is 124 Å². The van der Waals surface area contributed by atoms with E-state index < -0.39 is 5.82 Å². The van der Waals surface area contributed by atoms with Crippen molar-refractivity contribution in [2.24, 2.45) is 5.73 Å². The smallest absolute Gasteiger partial charge is 0.253 e. The molecule has 0 fully saturated rings. The van der Waals surface area contributed by atoms with Crippen LogP contribution in [0.25, 0.3) is 0 Å². The van der Waals surface area contributed by atoms with Crippen molar-refractivity contribution in [1.29, 1.82) is 0 Å². The van der Waals surface area contributed by atoms with Crippen molar-refractivity contribution in [3.05, 3.63) is 53.0 Å². The first kappa shape index (κ1) is 16.8. The van der Waals surface area contributed by atoms with Gasteiger partial charge in [-0.2, -0.15) is 0 Å². The van der Waals surface area contributed by atoms with Crippen molar-refractivity contribution >= 4 is 5.91 Å². The van der Waals surface area contributed by atoms with E-state index in [0.29, 0.717) is 16.8 Å². The lowest BCUT2D eigenvalue weighted by molar-refractivity contribution is -0.117. The summed E-state index contributed by atoms with van der Waals surface area (Å²) in [5, 5.41) is 2.66. The average molecular weight is 292 g/mol. The van der Waals surface area contributed by atoms with E-state index in [9.17, 15) is 9.18 Å². The Hall–Kier alpha value is -2.30. The number of halogens is 1. The van der Waals surface area contributed by atoms with Crippen LogP contribution in [0.3, 0.4) is 0 Å². The second-order valence-electron chi connectivity index (χ2n) is 4.52. The zero-order chi connectivity index (χ0) is 15.8. The highest BCUT2D eigenvalue weighted by atomic mass is 19.1. The fraction of sp³-hybridized carbons (Fsp3) is 0.312. The molecular formula is C16H21FN2O2. The first-order chi connectivity index (χ1) is 10.0. The number of carbonyl (C=O) groups excluding carboxylic acids is 1. The molecule has 114 valence electrons. The van der Waals surface area contributed by atoms with Crippen molar-refractivity contribution in [3.8, 4) is 5.75 Å². The number of nitrogens with one attached hydrogen (secondary N) is 1. The molecule has 0 heterocycles. The molecule has 0 saturated heterocycles. The number of benzene rings is 1. The minimum atomic E-state index is -0.473. The van der Waals surface area contributed by atoms with E-state index in [4.69, 9.17) is 10.5 Å². The summed E-state index contributed by atoms with van der Waals surface area (Å²) in [6.07, 6.45) is 4.32. The Bertz CT molecular complexity index is 561. The lowest BCUT2D eigenvalue weighted by Gasteiger charge is -2.10. The Balaban J connectivity index is 2.81. The van der Waals surface area contributed by atoms with Gasteiger partial charge in [-0.1, -0.05) is 31.2 Å². The van der Waals surface area contributed by atoms with E-state index >= 15 is 0 Å². The van der Waals surface area contributed by atoms with Crippen LogP contribution in [-0.4, -0.2) is 13.0 Å². The summed E-state index contributed by atoms with van der Waals surface area (Å²) in [5.41, 5.74) is 6.86. The quantitative estimate of drug-likeness (QED) is 0.626. The lowest BCUT2D eigenvalue weighted by Crippen LogP contribution is -2.26. The topological polar surface area (TPSA) is 64.3 Å². The molecule has 0 aliphatic carbocycles. The van der Waals surface area contributed by atoms with Crippen LogP contribution in [0.2, 0.25) is 0 Å². The molecule has 5 heteroatoms. The summed E-state index contributed by atoms with van der Waals surface area (Å²) >= 11 is 0. The highest BCUT2D eigenvalue weighted by Gasteiger charge is 2.12. The molecule has 0 atom stereocenters. The Kier molecular flexibility index (Phi) is 6.46. The molecule has 1 aromatic rings. The number of methoxy groups -OCH3 is 1. The van der Waals surface area contributed by atoms with Gasteiger partial charge in [-0.05, 0) is 19.4 Å². The summed E-state index contributed by atoms with van der Waals surface area (Å²) in [5.74, 6) is -0.653. The summed E-state index contributed by atoms with van der Waals surface area (Å²) in [6.45, 7) is 3.68. The van der Waals surface area contributed by atoms with Gasteiger partial charge in [-0.25, -0.2) is 4.39 Å². The number of rotatable bonds is 6. The molecule has 1 amide bonds. The van der Waals surface area contributed by atoms with Crippen LogP contribution in [0.5, 0.6) is 5.75 Å². The molecule has 1 aromatic carbocycles. The van der Waals surface area contributed by atoms with Crippen LogP contribution in [0.4, 0.5) is 4.39 Å². The van der Waals surface area contributed by atoms with Gasteiger partial charge < -0.3 is 15.8 Å². The fourth-order valence-corrected chi connectivity index (χ4v) is 1.74. The molecule has 0 aliphatic heterocycles. The zero-order valence-corrected chi connectivity index (χ0v) is 12.6. The number of hydrogen-bond acceptors (Lipinski definition) is 3. The molecule has 0 aromatic heterocycles. The Morgan fingerprint density at radius 3 is 2.76 bits per heavy atom. The normalized spacial score (nSPS) is 12.2. The third kappa shape index (κ3) is 4.63. The van der Waals surface area contributed by atoms with Crippen LogP contribution in [0.1, 0.15) is 25.8 Å². The number of ether oxygens (including phenoxy) is 1. The van der Waals surface area contributed by atoms with E-state index in [2.05, 4.69) is 5.32 Å². The minimum absolute atomic E-state index is 0.0681. The number of carbonyl (C=O) groups is 1. The average Bonchev–Trinajstić information content (AvgIpc) is 2.46. The van der Waals surface area contributed by atoms with Gasteiger partial charge in [0.1, 0.15) is 0 Å². The first-order valence-electron chi connectivity index (χ1n) is 6.73. The largest absolute Gasteiger partial charge is 0.494 e. The Morgan fingerprint density at radius 1 is 1.48 bits per heavy atom. The standard InChI is InChI=1S/C16H21FN2O2/c1-4-5-8-13(11(2)18)16(20)19-10-12-7-6-9-14(21-3)15(12)17/h5-9H,4,10,18H2,1-3H3,(H,19,20)/b8-5-,13-11-. The molecular weight excluding hydrogens is 271 g/mol. The van der Waals surface area contributed by atoms with Gasteiger partial charge in [0, 0.05) is 17.8 Å². The Morgan fingerprint density at radius 2 is 2.19 bits per heavy atom. The molecule has 3 N–H and O–H groups in total. The van der Waals surface area contributed by atoms with Crippen molar-refractivity contribution in [1.82, 2.24) is 5.32 Å². The minimum Gasteiger partial charge on any atom is -0.494 e. The SMILES string of the molecule is CC/C=C\C(C(=O)NCc1cccc(OC)c1F)=C(/C)N. The monoisotopic (exact) mass is 292 g/mol. The first-order valence-corrected chi connectivity index (χ1v) is 6.73. The van der Waals surface area contributed by atoms with Crippen LogP contribution in [-0.2, 0) is 11.3 Å². The van der Waals surface area contributed by atoms with E-state index in [1.54, 1.807) is 25.1 Å². The van der Waals surface area contributed by atoms with E-state index in [1.807, 2.05) is 13.0 Å². The number of nitrogens with two attached hydrogens (primary N) is 1. The van der Waals surface area contributed by atoms with Gasteiger partial charge >= 0.3 is 0 Å². The van der Waals surface area contributed by atoms with Crippen LogP contribution in [0.15, 0.2) is 41.6 Å². The number of hydrogen-bond donors (Lipinski definition) is 2. The van der Waals surface area contributed by atoms with Crippen molar-refractivity contribution < 1.29 is 13.9 Å². The van der Waals surface area contributed by atoms with Crippen molar-refractivity contribution in [3.63, 3.8) is 0 Å². The van der Waals surface area contributed by atoms with Gasteiger partial charge in [-0.15, -0.1) is 0 Å². The third-order valence-electron chi connectivity index (χ3n) is 2.89. The van der Waals surface area contributed by atoms with Crippen LogP contribution in [0, 0.1) is 5.82 Å². The summed E-state index contributed by atoms with van der Waals surface area (Å²) < 4.78 is 18.9. The summed E-state index contributed by atoms with van der Waals surface area (Å²) in [4.78, 5) is 12.1. The second-order valence-corrected chi connectivity index (χ2v) is 4.52. The highest BCUT2D eigenvalue weighted by Crippen LogP contribution is 2.19. The molecule has 4 nitrogen and oxygen atoms in total. The van der Waals surface area contributed by atoms with Crippen molar-refractivity contribution in [2.45, 2.75) is 26.8 Å². The molecule has 0 saturated carbocycles. The van der Waals surface area contributed by atoms with Crippen molar-refractivity contribution in [2.75, 3.05) is 7.11 Å². The molecule has 0 bridgehead atoms. The molecule has 1 rings (SSSR count). The van der Waals surface area contributed by atoms with Crippen LogP contribution >= 0.6 is 0 Å². The molecule has 0 unspecified atom stereocenters. The molecule has 0 radical (unpaired) electrons. The maximum Gasteiger partial charge on any atom is 0.253 e. The predicted molar refractivity (Wildman–Crippen MR) is 81.1 cm³/mol.